The van der Waals surface area contributed by atoms with Gasteiger partial charge in [-0.1, -0.05) is 34.4 Å². The van der Waals surface area contributed by atoms with E-state index < -0.39 is 7.12 Å². The molecule has 2 aliphatic heterocycles. The average Bonchev–Trinajstić information content (AvgIpc) is 2.83. The Balaban J connectivity index is 1.42. The lowest BCUT2D eigenvalue weighted by molar-refractivity contribution is 0.333. The van der Waals surface area contributed by atoms with Gasteiger partial charge in [-0.15, -0.1) is 0 Å². The van der Waals surface area contributed by atoms with Crippen LogP contribution < -0.4 is 5.32 Å². The quantitative estimate of drug-likeness (QED) is 0.266. The fraction of sp³-hybridized carbons (Fsp3) is 1.00. The highest BCUT2D eigenvalue weighted by Crippen LogP contribution is 2.40. The van der Waals surface area contributed by atoms with Gasteiger partial charge >= 0.3 is 7.12 Å². The summed E-state index contributed by atoms with van der Waals surface area (Å²) in [6.07, 6.45) is 6.82. The Morgan fingerprint density at radius 1 is 1.29 bits per heavy atom. The Kier molecular flexibility index (Phi) is 5.99. The van der Waals surface area contributed by atoms with E-state index in [1.807, 2.05) is 21.6 Å². The van der Waals surface area contributed by atoms with Gasteiger partial charge in [0, 0.05) is 17.4 Å². The third-order valence-corrected chi connectivity index (χ3v) is 6.08. The van der Waals surface area contributed by atoms with Gasteiger partial charge in [0.15, 0.2) is 0 Å². The molecule has 0 aromatic carbocycles. The van der Waals surface area contributed by atoms with Crippen LogP contribution >= 0.6 is 21.6 Å². The molecule has 7 heteroatoms. The minimum absolute atomic E-state index is 0.0493. The highest BCUT2D eigenvalue weighted by Gasteiger charge is 2.38. The number of rotatable bonds is 8. The van der Waals surface area contributed by atoms with Gasteiger partial charge < -0.3 is 14.8 Å². The lowest BCUT2D eigenvalue weighted by Crippen LogP contribution is -2.33. The molecular weight excluding hydrogens is 257 g/mol. The molecule has 17 heavy (non-hydrogen) atoms. The molecule has 0 aromatic rings. The second-order valence-electron chi connectivity index (χ2n) is 4.60. The molecule has 0 aromatic heterocycles. The zero-order valence-electron chi connectivity index (χ0n) is 9.88. The van der Waals surface area contributed by atoms with E-state index in [4.69, 9.17) is 14.8 Å². The van der Waals surface area contributed by atoms with Crippen LogP contribution in [0.25, 0.3) is 0 Å². The highest BCUT2D eigenvalue weighted by molar-refractivity contribution is 8.77. The molecule has 0 aliphatic carbocycles. The fourth-order valence-electron chi connectivity index (χ4n) is 2.05. The van der Waals surface area contributed by atoms with Gasteiger partial charge in [0.1, 0.15) is 6.23 Å². The number of epoxide rings is 1. The molecule has 0 bridgehead atoms. The molecule has 2 aliphatic rings. The summed E-state index contributed by atoms with van der Waals surface area (Å²) >= 11 is 0. The molecule has 2 heterocycles. The van der Waals surface area contributed by atoms with Crippen molar-refractivity contribution in [2.45, 2.75) is 49.7 Å². The van der Waals surface area contributed by atoms with Crippen LogP contribution in [0.4, 0.5) is 0 Å². The predicted molar refractivity (Wildman–Crippen MR) is 73.8 cm³/mol. The molecule has 0 radical (unpaired) electrons. The number of hydrogen-bond donors (Lipinski definition) is 3. The van der Waals surface area contributed by atoms with Crippen LogP contribution in [-0.4, -0.2) is 46.9 Å². The van der Waals surface area contributed by atoms with Crippen LogP contribution in [0.3, 0.4) is 0 Å². The second-order valence-corrected chi connectivity index (χ2v) is 7.38. The molecule has 0 spiro atoms. The summed E-state index contributed by atoms with van der Waals surface area (Å²) in [7, 11) is 2.77. The second kappa shape index (κ2) is 7.26. The summed E-state index contributed by atoms with van der Waals surface area (Å²) in [6.45, 7) is 0. The first-order valence-electron chi connectivity index (χ1n) is 6.29. The van der Waals surface area contributed by atoms with Crippen molar-refractivity contribution in [3.63, 3.8) is 0 Å². The lowest BCUT2D eigenvalue weighted by atomic mass is 9.92. The topological polar surface area (TPSA) is 65.0 Å². The maximum atomic E-state index is 8.68. The van der Waals surface area contributed by atoms with E-state index in [9.17, 15) is 0 Å². The van der Waals surface area contributed by atoms with Crippen LogP contribution in [0.1, 0.15) is 32.1 Å². The van der Waals surface area contributed by atoms with Crippen LogP contribution in [0.5, 0.6) is 0 Å². The Morgan fingerprint density at radius 2 is 2.12 bits per heavy atom. The lowest BCUT2D eigenvalue weighted by Gasteiger charge is -2.05. The molecule has 0 amide bonds. The molecule has 2 fully saturated rings. The van der Waals surface area contributed by atoms with E-state index in [-0.39, 0.29) is 12.7 Å². The van der Waals surface area contributed by atoms with Gasteiger partial charge in [0.05, 0.1) is 6.10 Å². The smallest absolute Gasteiger partial charge is 0.426 e. The van der Waals surface area contributed by atoms with E-state index >= 15 is 0 Å². The standard InChI is InChI=1S/C10H20BNO3S2/c13-11(14)7-12-10-9(15-10)4-2-1-3-8-5-6-16-17-8/h8-10,12-14H,1-7H2/t8-,9?,10?/m0/s1. The summed E-state index contributed by atoms with van der Waals surface area (Å²) in [5.41, 5.74) is 0. The van der Waals surface area contributed by atoms with E-state index in [1.165, 1.54) is 31.4 Å². The zero-order chi connectivity index (χ0) is 12.1. The minimum Gasteiger partial charge on any atom is -0.426 e. The summed E-state index contributed by atoms with van der Waals surface area (Å²) in [4.78, 5) is 0. The van der Waals surface area contributed by atoms with Gasteiger partial charge in [0.25, 0.3) is 0 Å². The number of ether oxygens (including phenoxy) is 1. The molecule has 3 N–H and O–H groups in total. The predicted octanol–water partition coefficient (Wildman–Crippen LogP) is 1.03. The zero-order valence-corrected chi connectivity index (χ0v) is 11.5. The van der Waals surface area contributed by atoms with Crippen molar-refractivity contribution in [3.05, 3.63) is 0 Å². The molecule has 3 atom stereocenters. The summed E-state index contributed by atoms with van der Waals surface area (Å²) < 4.78 is 5.40. The van der Waals surface area contributed by atoms with Crippen LogP contribution in [-0.2, 0) is 4.74 Å². The van der Waals surface area contributed by atoms with Gasteiger partial charge in [0.2, 0.25) is 0 Å². The number of nitrogens with one attached hydrogen (secondary N) is 1. The maximum absolute atomic E-state index is 8.68. The van der Waals surface area contributed by atoms with Crippen molar-refractivity contribution in [1.82, 2.24) is 5.32 Å². The Hall–Kier alpha value is 0.605. The highest BCUT2D eigenvalue weighted by atomic mass is 33.1. The van der Waals surface area contributed by atoms with Crippen LogP contribution in [0.15, 0.2) is 0 Å². The number of hydrogen-bond acceptors (Lipinski definition) is 6. The number of unbranched alkanes of at least 4 members (excludes halogenated alkanes) is 1. The largest absolute Gasteiger partial charge is 0.466 e. The first-order valence-corrected chi connectivity index (χ1v) is 8.67. The monoisotopic (exact) mass is 277 g/mol. The van der Waals surface area contributed by atoms with Crippen molar-refractivity contribution in [2.75, 3.05) is 12.2 Å². The van der Waals surface area contributed by atoms with Crippen molar-refractivity contribution in [1.29, 1.82) is 0 Å². The van der Waals surface area contributed by atoms with Gasteiger partial charge in [-0.2, -0.15) is 0 Å². The first kappa shape index (κ1) is 14.0. The third-order valence-electron chi connectivity index (χ3n) is 3.08. The summed E-state index contributed by atoms with van der Waals surface area (Å²) in [6, 6.07) is 0. The average molecular weight is 277 g/mol. The van der Waals surface area contributed by atoms with Crippen LogP contribution in [0.2, 0.25) is 0 Å². The molecule has 4 nitrogen and oxygen atoms in total. The molecule has 2 rings (SSSR count). The first-order chi connectivity index (χ1) is 8.25. The SMILES string of the molecule is OB(O)CNC1OC1CCCC[C@H]1CCSS1. The van der Waals surface area contributed by atoms with E-state index in [0.717, 1.165) is 11.7 Å². The molecule has 2 saturated heterocycles. The summed E-state index contributed by atoms with van der Waals surface area (Å²) in [5, 5.41) is 21.2. The Morgan fingerprint density at radius 3 is 2.82 bits per heavy atom. The van der Waals surface area contributed by atoms with Gasteiger partial charge in [-0.05, 0) is 19.3 Å². The molecule has 2 unspecified atom stereocenters. The van der Waals surface area contributed by atoms with E-state index in [1.54, 1.807) is 0 Å². The van der Waals surface area contributed by atoms with Gasteiger partial charge in [-0.3, -0.25) is 5.32 Å². The molecular formula is C10H20BNO3S2. The Labute approximate surface area is 111 Å². The van der Waals surface area contributed by atoms with Gasteiger partial charge in [-0.25, -0.2) is 0 Å². The van der Waals surface area contributed by atoms with Crippen molar-refractivity contribution < 1.29 is 14.8 Å². The van der Waals surface area contributed by atoms with Crippen molar-refractivity contribution >= 4 is 28.7 Å². The van der Waals surface area contributed by atoms with Crippen LogP contribution in [0, 0.1) is 0 Å². The fourth-order valence-corrected chi connectivity index (χ4v) is 5.07. The van der Waals surface area contributed by atoms with E-state index in [0.29, 0.717) is 6.10 Å². The normalized spacial score (nSPS) is 31.8. The molecule has 0 saturated carbocycles. The van der Waals surface area contributed by atoms with E-state index in [2.05, 4.69) is 5.32 Å². The van der Waals surface area contributed by atoms with Crippen molar-refractivity contribution in [3.8, 4) is 0 Å². The molecule has 98 valence electrons. The summed E-state index contributed by atoms with van der Waals surface area (Å²) in [5.74, 6) is 1.32. The maximum Gasteiger partial charge on any atom is 0.466 e. The minimum atomic E-state index is -1.28. The Bertz CT molecular complexity index is 230. The third kappa shape index (κ3) is 5.40. The van der Waals surface area contributed by atoms with Crippen molar-refractivity contribution in [2.24, 2.45) is 0 Å².